The molecule has 7 nitrogen and oxygen atoms in total. The lowest BCUT2D eigenvalue weighted by Crippen LogP contribution is -2.28. The summed E-state index contributed by atoms with van der Waals surface area (Å²) in [7, 11) is 0. The number of nitrogens with zero attached hydrogens (tertiary/aromatic N) is 2. The number of hydrogen-bond acceptors (Lipinski definition) is 6. The van der Waals surface area contributed by atoms with Crippen LogP contribution in [-0.4, -0.2) is 29.3 Å². The highest BCUT2D eigenvalue weighted by Crippen LogP contribution is 2.38. The highest BCUT2D eigenvalue weighted by molar-refractivity contribution is 5.88. The summed E-state index contributed by atoms with van der Waals surface area (Å²) in [4.78, 5) is 13.8. The maximum Gasteiger partial charge on any atom is 0.231 e. The molecule has 3 aromatic rings. The van der Waals surface area contributed by atoms with Gasteiger partial charge in [0.2, 0.25) is 12.7 Å². The number of aromatic nitrogens is 1. The van der Waals surface area contributed by atoms with E-state index in [2.05, 4.69) is 33.6 Å². The van der Waals surface area contributed by atoms with Crippen LogP contribution in [0.2, 0.25) is 0 Å². The van der Waals surface area contributed by atoms with Gasteiger partial charge in [0.05, 0.1) is 6.04 Å². The lowest BCUT2D eigenvalue weighted by molar-refractivity contribution is -0.114. The average molecular weight is 434 g/mol. The molecule has 1 unspecified atom stereocenters. The number of fused-ring (bicyclic) bond motifs is 1. The molecule has 0 aliphatic carbocycles. The molecule has 1 saturated heterocycles. The fraction of sp³-hybridized carbons (Fsp3) is 0.360. The smallest absolute Gasteiger partial charge is 0.231 e. The molecule has 5 rings (SSSR count). The second kappa shape index (κ2) is 9.04. The van der Waals surface area contributed by atoms with Crippen LogP contribution in [0.5, 0.6) is 11.5 Å². The monoisotopic (exact) mass is 433 g/mol. The highest BCUT2D eigenvalue weighted by Gasteiger charge is 2.26. The minimum atomic E-state index is -0.0605. The van der Waals surface area contributed by atoms with E-state index in [0.717, 1.165) is 53.7 Å². The SMILES string of the molecule is CC(=O)Nc1ccc(CN2CCCCCC2c2cc(-c3ccc4c(c3)OCO4)on2)cc1. The molecule has 0 radical (unpaired) electrons. The molecular formula is C25H27N3O4. The predicted octanol–water partition coefficient (Wildman–Crippen LogP) is 5.15. The van der Waals surface area contributed by atoms with E-state index in [9.17, 15) is 4.79 Å². The molecule has 0 bridgehead atoms. The van der Waals surface area contributed by atoms with Crippen molar-refractivity contribution < 1.29 is 18.8 Å². The van der Waals surface area contributed by atoms with Crippen LogP contribution in [-0.2, 0) is 11.3 Å². The fourth-order valence-corrected chi connectivity index (χ4v) is 4.45. The number of nitrogens with one attached hydrogen (secondary N) is 1. The minimum absolute atomic E-state index is 0.0605. The van der Waals surface area contributed by atoms with E-state index in [4.69, 9.17) is 14.0 Å². The Morgan fingerprint density at radius 2 is 1.91 bits per heavy atom. The van der Waals surface area contributed by atoms with E-state index in [1.54, 1.807) is 0 Å². The molecule has 1 N–H and O–H groups in total. The summed E-state index contributed by atoms with van der Waals surface area (Å²) < 4.78 is 16.6. The van der Waals surface area contributed by atoms with Crippen LogP contribution in [0, 0.1) is 0 Å². The maximum atomic E-state index is 11.3. The summed E-state index contributed by atoms with van der Waals surface area (Å²) in [5.41, 5.74) is 3.93. The third-order valence-corrected chi connectivity index (χ3v) is 6.05. The summed E-state index contributed by atoms with van der Waals surface area (Å²) in [6, 6.07) is 16.1. The second-order valence-corrected chi connectivity index (χ2v) is 8.40. The Hall–Kier alpha value is -3.32. The van der Waals surface area contributed by atoms with Crippen LogP contribution in [0.15, 0.2) is 53.1 Å². The Bertz CT molecular complexity index is 1090. The van der Waals surface area contributed by atoms with Gasteiger partial charge in [0.1, 0.15) is 5.69 Å². The number of hydrogen-bond donors (Lipinski definition) is 1. The molecule has 1 amide bonds. The third kappa shape index (κ3) is 4.48. The summed E-state index contributed by atoms with van der Waals surface area (Å²) in [5, 5.41) is 7.28. The summed E-state index contributed by atoms with van der Waals surface area (Å²) in [5.74, 6) is 2.17. The van der Waals surface area contributed by atoms with Gasteiger partial charge < -0.3 is 19.3 Å². The zero-order valence-corrected chi connectivity index (χ0v) is 18.2. The molecule has 0 saturated carbocycles. The largest absolute Gasteiger partial charge is 0.454 e. The fourth-order valence-electron chi connectivity index (χ4n) is 4.45. The van der Waals surface area contributed by atoms with Crippen molar-refractivity contribution in [3.63, 3.8) is 0 Å². The molecule has 2 aromatic carbocycles. The molecule has 7 heteroatoms. The third-order valence-electron chi connectivity index (χ3n) is 6.05. The number of benzene rings is 2. The molecular weight excluding hydrogens is 406 g/mol. The van der Waals surface area contributed by atoms with Crippen LogP contribution < -0.4 is 14.8 Å². The van der Waals surface area contributed by atoms with Crippen molar-refractivity contribution in [1.29, 1.82) is 0 Å². The zero-order valence-electron chi connectivity index (χ0n) is 18.2. The number of anilines is 1. The van der Waals surface area contributed by atoms with Crippen LogP contribution in [0.1, 0.15) is 49.9 Å². The summed E-state index contributed by atoms with van der Waals surface area (Å²) >= 11 is 0. The minimum Gasteiger partial charge on any atom is -0.454 e. The molecule has 32 heavy (non-hydrogen) atoms. The Kier molecular flexibility index (Phi) is 5.81. The molecule has 2 aliphatic heterocycles. The first-order chi connectivity index (χ1) is 15.7. The Balaban J connectivity index is 1.34. The van der Waals surface area contributed by atoms with Crippen molar-refractivity contribution in [1.82, 2.24) is 10.1 Å². The Morgan fingerprint density at radius 1 is 1.06 bits per heavy atom. The van der Waals surface area contributed by atoms with Crippen molar-refractivity contribution in [3.8, 4) is 22.8 Å². The molecule has 3 heterocycles. The van der Waals surface area contributed by atoms with E-state index in [1.807, 2.05) is 30.3 Å². The van der Waals surface area contributed by atoms with Gasteiger partial charge in [-0.15, -0.1) is 0 Å². The molecule has 0 spiro atoms. The van der Waals surface area contributed by atoms with Gasteiger partial charge in [-0.2, -0.15) is 0 Å². The van der Waals surface area contributed by atoms with Gasteiger partial charge >= 0.3 is 0 Å². The van der Waals surface area contributed by atoms with Crippen molar-refractivity contribution in [3.05, 3.63) is 59.8 Å². The second-order valence-electron chi connectivity index (χ2n) is 8.40. The number of carbonyl (C=O) groups is 1. The van der Waals surface area contributed by atoms with Gasteiger partial charge in [-0.25, -0.2) is 0 Å². The van der Waals surface area contributed by atoms with Crippen molar-refractivity contribution in [2.45, 2.75) is 45.2 Å². The Morgan fingerprint density at radius 3 is 2.75 bits per heavy atom. The lowest BCUT2D eigenvalue weighted by atomic mass is 10.0. The number of ether oxygens (including phenoxy) is 2. The maximum absolute atomic E-state index is 11.3. The van der Waals surface area contributed by atoms with Crippen molar-refractivity contribution in [2.24, 2.45) is 0 Å². The molecule has 2 aliphatic rings. The zero-order chi connectivity index (χ0) is 21.9. The van der Waals surface area contributed by atoms with Crippen LogP contribution in [0.25, 0.3) is 11.3 Å². The van der Waals surface area contributed by atoms with Crippen LogP contribution in [0.3, 0.4) is 0 Å². The molecule has 1 atom stereocenters. The number of amides is 1. The quantitative estimate of drug-likeness (QED) is 0.600. The van der Waals surface area contributed by atoms with E-state index in [0.29, 0.717) is 0 Å². The standard InChI is InChI=1S/C25H27N3O4/c1-17(29)26-20-9-6-18(7-10-20)15-28-12-4-2-3-5-22(28)21-14-24(32-27-21)19-8-11-23-25(13-19)31-16-30-23/h6-11,13-14,22H,2-5,12,15-16H2,1H3,(H,26,29). The normalized spacial score (nSPS) is 18.3. The number of rotatable bonds is 5. The first-order valence-corrected chi connectivity index (χ1v) is 11.1. The molecule has 1 aromatic heterocycles. The number of carbonyl (C=O) groups excluding carboxylic acids is 1. The van der Waals surface area contributed by atoms with Crippen molar-refractivity contribution in [2.75, 3.05) is 18.7 Å². The van der Waals surface area contributed by atoms with Crippen molar-refractivity contribution >= 4 is 11.6 Å². The predicted molar refractivity (Wildman–Crippen MR) is 120 cm³/mol. The van der Waals surface area contributed by atoms with Crippen LogP contribution in [0.4, 0.5) is 5.69 Å². The van der Waals surface area contributed by atoms with Gasteiger partial charge in [0.15, 0.2) is 17.3 Å². The van der Waals surface area contributed by atoms with Gasteiger partial charge in [0, 0.05) is 30.8 Å². The lowest BCUT2D eigenvalue weighted by Gasteiger charge is -2.28. The topological polar surface area (TPSA) is 76.8 Å². The summed E-state index contributed by atoms with van der Waals surface area (Å²) in [6.07, 6.45) is 4.63. The summed E-state index contributed by atoms with van der Waals surface area (Å²) in [6.45, 7) is 3.62. The van der Waals surface area contributed by atoms with E-state index >= 15 is 0 Å². The highest BCUT2D eigenvalue weighted by atomic mass is 16.7. The van der Waals surface area contributed by atoms with Gasteiger partial charge in [-0.05, 0) is 55.3 Å². The van der Waals surface area contributed by atoms with Gasteiger partial charge in [0.25, 0.3) is 0 Å². The van der Waals surface area contributed by atoms with Gasteiger partial charge in [-0.3, -0.25) is 9.69 Å². The first kappa shape index (κ1) is 20.6. The molecule has 166 valence electrons. The molecule has 1 fully saturated rings. The van der Waals surface area contributed by atoms with Crippen LogP contribution >= 0.6 is 0 Å². The Labute approximate surface area is 187 Å². The van der Waals surface area contributed by atoms with E-state index < -0.39 is 0 Å². The number of likely N-dealkylation sites (tertiary alicyclic amines) is 1. The van der Waals surface area contributed by atoms with E-state index in [1.165, 1.54) is 31.7 Å². The van der Waals surface area contributed by atoms with E-state index in [-0.39, 0.29) is 18.7 Å². The first-order valence-electron chi connectivity index (χ1n) is 11.1. The average Bonchev–Trinajstić information content (AvgIpc) is 3.40. The van der Waals surface area contributed by atoms with Gasteiger partial charge in [-0.1, -0.05) is 30.1 Å².